The summed E-state index contributed by atoms with van der Waals surface area (Å²) in [7, 11) is -3.17. The van der Waals surface area contributed by atoms with E-state index < -0.39 is 18.9 Å². The molecule has 0 spiro atoms. The van der Waals surface area contributed by atoms with E-state index in [0.717, 1.165) is 12.1 Å². The molecule has 2 aromatic rings. The zero-order valence-electron chi connectivity index (χ0n) is 15.6. The molecular formula is C20H24F3O2P. The molecule has 0 radical (unpaired) electrons. The van der Waals surface area contributed by atoms with Crippen molar-refractivity contribution in [1.82, 2.24) is 0 Å². The third kappa shape index (κ3) is 3.55. The van der Waals surface area contributed by atoms with Gasteiger partial charge in [-0.2, -0.15) is 13.2 Å². The molecule has 0 amide bonds. The first-order chi connectivity index (χ1) is 11.9. The highest BCUT2D eigenvalue weighted by Gasteiger charge is 2.38. The van der Waals surface area contributed by atoms with Gasteiger partial charge in [-0.05, 0) is 36.2 Å². The number of hydrogen-bond donors (Lipinski definition) is 1. The maximum absolute atomic E-state index is 13.9. The predicted molar refractivity (Wildman–Crippen MR) is 101 cm³/mol. The van der Waals surface area contributed by atoms with Crippen molar-refractivity contribution in [3.05, 3.63) is 47.5 Å². The summed E-state index contributed by atoms with van der Waals surface area (Å²) >= 11 is 0. The van der Waals surface area contributed by atoms with Crippen LogP contribution < -0.4 is 5.30 Å². The van der Waals surface area contributed by atoms with E-state index in [0.29, 0.717) is 16.7 Å². The minimum atomic E-state index is -4.53. The van der Waals surface area contributed by atoms with Crippen LogP contribution in [-0.4, -0.2) is 16.4 Å². The molecule has 0 aliphatic rings. The van der Waals surface area contributed by atoms with Crippen molar-refractivity contribution in [1.29, 1.82) is 0 Å². The zero-order chi connectivity index (χ0) is 19.9. The first kappa shape index (κ1) is 20.6. The first-order valence-electron chi connectivity index (χ1n) is 8.50. The summed E-state index contributed by atoms with van der Waals surface area (Å²) in [6.45, 7) is 8.84. The second kappa shape index (κ2) is 7.11. The lowest BCUT2D eigenvalue weighted by atomic mass is 9.98. The van der Waals surface area contributed by atoms with Crippen LogP contribution in [0.4, 0.5) is 13.2 Å². The molecule has 142 valence electrons. The zero-order valence-corrected chi connectivity index (χ0v) is 16.4. The van der Waals surface area contributed by atoms with E-state index in [1.54, 1.807) is 46.8 Å². The van der Waals surface area contributed by atoms with E-state index in [2.05, 4.69) is 0 Å². The van der Waals surface area contributed by atoms with Gasteiger partial charge in [0.2, 0.25) is 0 Å². The lowest BCUT2D eigenvalue weighted by Crippen LogP contribution is -2.23. The Morgan fingerprint density at radius 1 is 1.00 bits per heavy atom. The first-order valence-corrected chi connectivity index (χ1v) is 10.3. The summed E-state index contributed by atoms with van der Waals surface area (Å²) in [5.74, 6) is -0.0370. The number of benzene rings is 2. The van der Waals surface area contributed by atoms with Gasteiger partial charge in [0.05, 0.1) is 5.56 Å². The van der Waals surface area contributed by atoms with Crippen LogP contribution in [0.1, 0.15) is 38.8 Å². The molecule has 0 fully saturated rings. The molecule has 0 saturated heterocycles. The Morgan fingerprint density at radius 2 is 1.58 bits per heavy atom. The molecule has 0 unspecified atom stereocenters. The van der Waals surface area contributed by atoms with Gasteiger partial charge < -0.3 is 9.67 Å². The molecule has 26 heavy (non-hydrogen) atoms. The molecular weight excluding hydrogens is 360 g/mol. The van der Waals surface area contributed by atoms with Crippen molar-refractivity contribution < 1.29 is 22.8 Å². The van der Waals surface area contributed by atoms with Crippen LogP contribution in [0.25, 0.3) is 11.1 Å². The second-order valence-electron chi connectivity index (χ2n) is 7.10. The minimum absolute atomic E-state index is 0.0370. The summed E-state index contributed by atoms with van der Waals surface area (Å²) < 4.78 is 53.8. The Kier molecular flexibility index (Phi) is 5.63. The van der Waals surface area contributed by atoms with Gasteiger partial charge in [-0.3, -0.25) is 0 Å². The third-order valence-electron chi connectivity index (χ3n) is 4.76. The maximum atomic E-state index is 13.9. The van der Waals surface area contributed by atoms with Crippen molar-refractivity contribution in [2.75, 3.05) is 0 Å². The Bertz CT molecular complexity index is 822. The number of alkyl halides is 3. The highest BCUT2D eigenvalue weighted by molar-refractivity contribution is 7.73. The SMILES string of the molecule is Cc1cccc(O)c1-c1ccc(C(F)(F)F)cc1P(=O)(C(C)C)C(C)C. The minimum Gasteiger partial charge on any atom is -0.507 e. The van der Waals surface area contributed by atoms with Crippen molar-refractivity contribution in [3.63, 3.8) is 0 Å². The fourth-order valence-electron chi connectivity index (χ4n) is 3.36. The van der Waals surface area contributed by atoms with E-state index in [4.69, 9.17) is 0 Å². The number of phenolic OH excluding ortho intramolecular Hbond substituents is 1. The van der Waals surface area contributed by atoms with E-state index in [-0.39, 0.29) is 22.4 Å². The summed E-state index contributed by atoms with van der Waals surface area (Å²) in [6, 6.07) is 8.24. The smallest absolute Gasteiger partial charge is 0.416 e. The summed E-state index contributed by atoms with van der Waals surface area (Å²) in [5, 5.41) is 10.5. The summed E-state index contributed by atoms with van der Waals surface area (Å²) in [6.07, 6.45) is -4.53. The van der Waals surface area contributed by atoms with Crippen LogP contribution in [-0.2, 0) is 10.7 Å². The molecule has 0 aromatic heterocycles. The lowest BCUT2D eigenvalue weighted by molar-refractivity contribution is -0.137. The average Bonchev–Trinajstić information content (AvgIpc) is 2.52. The molecule has 0 aliphatic carbocycles. The van der Waals surface area contributed by atoms with Crippen LogP contribution in [0.5, 0.6) is 5.75 Å². The molecule has 1 N–H and O–H groups in total. The topological polar surface area (TPSA) is 37.3 Å². The van der Waals surface area contributed by atoms with Gasteiger partial charge in [-0.15, -0.1) is 0 Å². The summed E-state index contributed by atoms with van der Waals surface area (Å²) in [5.41, 5.74) is 0.0693. The molecule has 6 heteroatoms. The number of halogens is 3. The Balaban J connectivity index is 2.93. The van der Waals surface area contributed by atoms with E-state index >= 15 is 0 Å². The van der Waals surface area contributed by atoms with Gasteiger partial charge in [0, 0.05) is 22.2 Å². The number of aryl methyl sites for hydroxylation is 1. The van der Waals surface area contributed by atoms with Gasteiger partial charge in [0.25, 0.3) is 0 Å². The fourth-order valence-corrected chi connectivity index (χ4v) is 6.57. The molecule has 0 aliphatic heterocycles. The van der Waals surface area contributed by atoms with Crippen molar-refractivity contribution in [2.45, 2.75) is 52.1 Å². The second-order valence-corrected chi connectivity index (χ2v) is 11.1. The maximum Gasteiger partial charge on any atom is 0.416 e. The highest BCUT2D eigenvalue weighted by atomic mass is 31.2. The van der Waals surface area contributed by atoms with Gasteiger partial charge in [-0.1, -0.05) is 45.9 Å². The monoisotopic (exact) mass is 384 g/mol. The molecule has 0 heterocycles. The van der Waals surface area contributed by atoms with Crippen LogP contribution in [0.3, 0.4) is 0 Å². The normalized spacial score (nSPS) is 12.8. The number of aromatic hydroxyl groups is 1. The molecule has 0 atom stereocenters. The van der Waals surface area contributed by atoms with Crippen LogP contribution in [0, 0.1) is 6.92 Å². The van der Waals surface area contributed by atoms with Crippen LogP contribution >= 0.6 is 7.14 Å². The van der Waals surface area contributed by atoms with Gasteiger partial charge >= 0.3 is 6.18 Å². The quantitative estimate of drug-likeness (QED) is 0.638. The van der Waals surface area contributed by atoms with Crippen molar-refractivity contribution >= 4 is 12.4 Å². The average molecular weight is 384 g/mol. The fraction of sp³-hybridized carbons (Fsp3) is 0.400. The van der Waals surface area contributed by atoms with Gasteiger partial charge in [-0.25, -0.2) is 0 Å². The van der Waals surface area contributed by atoms with Gasteiger partial charge in [0.15, 0.2) is 0 Å². The van der Waals surface area contributed by atoms with Crippen molar-refractivity contribution in [3.8, 4) is 16.9 Å². The van der Waals surface area contributed by atoms with Crippen LogP contribution in [0.2, 0.25) is 0 Å². The number of rotatable bonds is 4. The molecule has 0 bridgehead atoms. The largest absolute Gasteiger partial charge is 0.507 e. The number of hydrogen-bond acceptors (Lipinski definition) is 2. The molecule has 0 saturated carbocycles. The van der Waals surface area contributed by atoms with Gasteiger partial charge in [0.1, 0.15) is 12.9 Å². The molecule has 2 aromatic carbocycles. The summed E-state index contributed by atoms with van der Waals surface area (Å²) in [4.78, 5) is 0. The third-order valence-corrected chi connectivity index (χ3v) is 8.95. The number of phenols is 1. The van der Waals surface area contributed by atoms with Crippen molar-refractivity contribution in [2.24, 2.45) is 0 Å². The Morgan fingerprint density at radius 3 is 2.04 bits per heavy atom. The standard InChI is InChI=1S/C20H24F3O2P/c1-12(2)26(25,13(3)4)18-11-15(20(21,22)23)9-10-16(18)19-14(5)7-6-8-17(19)24/h6-13,24H,1-5H3. The Labute approximate surface area is 152 Å². The lowest BCUT2D eigenvalue weighted by Gasteiger charge is -2.30. The van der Waals surface area contributed by atoms with E-state index in [9.17, 15) is 22.8 Å². The van der Waals surface area contributed by atoms with E-state index in [1.165, 1.54) is 12.1 Å². The molecule has 2 nitrogen and oxygen atoms in total. The Hall–Kier alpha value is -1.74. The predicted octanol–water partition coefficient (Wildman–Crippen LogP) is 6.19. The molecule has 2 rings (SSSR count). The van der Waals surface area contributed by atoms with E-state index in [1.807, 2.05) is 0 Å². The highest BCUT2D eigenvalue weighted by Crippen LogP contribution is 2.56. The van der Waals surface area contributed by atoms with Crippen LogP contribution in [0.15, 0.2) is 36.4 Å².